The van der Waals surface area contributed by atoms with Crippen LogP contribution in [0.3, 0.4) is 0 Å². The molecule has 2 aromatic heterocycles. The number of nitrogens with one attached hydrogen (secondary N) is 1. The second-order valence-electron chi connectivity index (χ2n) is 5.03. The molecule has 1 amide bonds. The highest BCUT2D eigenvalue weighted by Gasteiger charge is 2.10. The minimum Gasteiger partial charge on any atom is -0.467 e. The number of fused-ring (bicyclic) bond motifs is 1. The molecule has 0 saturated heterocycles. The van der Waals surface area contributed by atoms with Gasteiger partial charge in [-0.1, -0.05) is 0 Å². The molecule has 0 aliphatic rings. The molecule has 0 spiro atoms. The van der Waals surface area contributed by atoms with Crippen molar-refractivity contribution in [2.24, 2.45) is 7.05 Å². The number of aromatic nitrogens is 2. The van der Waals surface area contributed by atoms with Crippen LogP contribution in [-0.4, -0.2) is 15.5 Å². The van der Waals surface area contributed by atoms with Crippen molar-refractivity contribution in [3.05, 3.63) is 64.0 Å². The van der Waals surface area contributed by atoms with Gasteiger partial charge in [-0.15, -0.1) is 0 Å². The van der Waals surface area contributed by atoms with E-state index in [0.717, 1.165) is 0 Å². The van der Waals surface area contributed by atoms with E-state index in [9.17, 15) is 9.59 Å². The minimum absolute atomic E-state index is 0.137. The number of hydrogen-bond donors (Lipinski definition) is 1. The van der Waals surface area contributed by atoms with E-state index in [2.05, 4.69) is 10.3 Å². The Morgan fingerprint density at radius 2 is 2.18 bits per heavy atom. The van der Waals surface area contributed by atoms with Crippen molar-refractivity contribution in [1.29, 1.82) is 0 Å². The molecule has 0 saturated carbocycles. The zero-order valence-electron chi connectivity index (χ0n) is 12.3. The Morgan fingerprint density at radius 1 is 1.36 bits per heavy atom. The van der Waals surface area contributed by atoms with Crippen LogP contribution in [0.2, 0.25) is 0 Å². The number of benzene rings is 1. The van der Waals surface area contributed by atoms with Crippen LogP contribution in [0, 0.1) is 6.92 Å². The molecular formula is C16H15N3O3. The predicted octanol–water partition coefficient (Wildman–Crippen LogP) is 1.76. The molecule has 6 nitrogen and oxygen atoms in total. The highest BCUT2D eigenvalue weighted by Crippen LogP contribution is 2.13. The van der Waals surface area contributed by atoms with Gasteiger partial charge in [0.05, 0.1) is 23.8 Å². The van der Waals surface area contributed by atoms with Crippen LogP contribution in [0.15, 0.2) is 45.8 Å². The standard InChI is InChI=1S/C16H15N3O3/c1-10-16(21)19(2)14-6-5-11(8-13(14)18-10)15(20)17-9-12-4-3-7-22-12/h3-8H,9H2,1-2H3,(H,17,20). The second kappa shape index (κ2) is 5.48. The van der Waals surface area contributed by atoms with Gasteiger partial charge in [0.1, 0.15) is 11.5 Å². The van der Waals surface area contributed by atoms with Crippen molar-refractivity contribution >= 4 is 16.9 Å². The van der Waals surface area contributed by atoms with Gasteiger partial charge in [0.2, 0.25) is 0 Å². The third-order valence-electron chi connectivity index (χ3n) is 3.50. The molecule has 1 N–H and O–H groups in total. The average molecular weight is 297 g/mol. The van der Waals surface area contributed by atoms with Crippen LogP contribution in [-0.2, 0) is 13.6 Å². The Bertz CT molecular complexity index is 895. The first-order valence-corrected chi connectivity index (χ1v) is 6.84. The molecule has 3 aromatic rings. The molecule has 1 aromatic carbocycles. The normalized spacial score (nSPS) is 10.8. The summed E-state index contributed by atoms with van der Waals surface area (Å²) in [7, 11) is 1.69. The van der Waals surface area contributed by atoms with E-state index in [0.29, 0.717) is 34.6 Å². The van der Waals surface area contributed by atoms with Gasteiger partial charge in [0, 0.05) is 12.6 Å². The summed E-state index contributed by atoms with van der Waals surface area (Å²) in [5, 5.41) is 2.78. The van der Waals surface area contributed by atoms with Crippen LogP contribution in [0.5, 0.6) is 0 Å². The fraction of sp³-hybridized carbons (Fsp3) is 0.188. The zero-order valence-corrected chi connectivity index (χ0v) is 12.3. The van der Waals surface area contributed by atoms with Crippen LogP contribution in [0.25, 0.3) is 11.0 Å². The fourth-order valence-electron chi connectivity index (χ4n) is 2.30. The number of carbonyl (C=O) groups is 1. The molecule has 22 heavy (non-hydrogen) atoms. The number of rotatable bonds is 3. The molecule has 0 radical (unpaired) electrons. The molecular weight excluding hydrogens is 282 g/mol. The van der Waals surface area contributed by atoms with Crippen LogP contribution >= 0.6 is 0 Å². The summed E-state index contributed by atoms with van der Waals surface area (Å²) in [6.45, 7) is 1.98. The molecule has 0 bridgehead atoms. The lowest BCUT2D eigenvalue weighted by atomic mass is 10.1. The first-order chi connectivity index (χ1) is 10.6. The lowest BCUT2D eigenvalue weighted by Gasteiger charge is -2.08. The SMILES string of the molecule is Cc1nc2cc(C(=O)NCc3ccco3)ccc2n(C)c1=O. The van der Waals surface area contributed by atoms with E-state index >= 15 is 0 Å². The van der Waals surface area contributed by atoms with E-state index in [1.54, 1.807) is 50.6 Å². The van der Waals surface area contributed by atoms with Crippen molar-refractivity contribution in [3.63, 3.8) is 0 Å². The van der Waals surface area contributed by atoms with Gasteiger partial charge in [-0.05, 0) is 37.3 Å². The molecule has 0 aliphatic carbocycles. The summed E-state index contributed by atoms with van der Waals surface area (Å²) in [6.07, 6.45) is 1.56. The highest BCUT2D eigenvalue weighted by atomic mass is 16.3. The Labute approximate surface area is 126 Å². The minimum atomic E-state index is -0.216. The Kier molecular flexibility index (Phi) is 3.50. The van der Waals surface area contributed by atoms with E-state index < -0.39 is 0 Å². The number of amides is 1. The molecule has 6 heteroatoms. The molecule has 0 fully saturated rings. The summed E-state index contributed by atoms with van der Waals surface area (Å²) in [6, 6.07) is 8.65. The van der Waals surface area contributed by atoms with Crippen LogP contribution in [0.4, 0.5) is 0 Å². The van der Waals surface area contributed by atoms with Gasteiger partial charge in [0.25, 0.3) is 11.5 Å². The quantitative estimate of drug-likeness (QED) is 0.799. The maximum Gasteiger partial charge on any atom is 0.272 e. The van der Waals surface area contributed by atoms with Crippen molar-refractivity contribution in [3.8, 4) is 0 Å². The molecule has 112 valence electrons. The molecule has 0 atom stereocenters. The maximum atomic E-state index is 12.2. The average Bonchev–Trinajstić information content (AvgIpc) is 3.03. The Morgan fingerprint density at radius 3 is 2.91 bits per heavy atom. The third kappa shape index (κ3) is 2.50. The van der Waals surface area contributed by atoms with Gasteiger partial charge in [-0.3, -0.25) is 9.59 Å². The van der Waals surface area contributed by atoms with Crippen LogP contribution < -0.4 is 10.9 Å². The first-order valence-electron chi connectivity index (χ1n) is 6.84. The highest BCUT2D eigenvalue weighted by molar-refractivity contribution is 5.97. The van der Waals surface area contributed by atoms with Gasteiger partial charge >= 0.3 is 0 Å². The summed E-state index contributed by atoms with van der Waals surface area (Å²) in [5.41, 5.74) is 2.07. The van der Waals surface area contributed by atoms with E-state index in [4.69, 9.17) is 4.42 Å². The lowest BCUT2D eigenvalue weighted by Crippen LogP contribution is -2.24. The number of carbonyl (C=O) groups excluding carboxylic acids is 1. The third-order valence-corrected chi connectivity index (χ3v) is 3.50. The second-order valence-corrected chi connectivity index (χ2v) is 5.03. The molecule has 2 heterocycles. The smallest absolute Gasteiger partial charge is 0.272 e. The molecule has 0 aliphatic heterocycles. The van der Waals surface area contributed by atoms with E-state index in [-0.39, 0.29) is 11.5 Å². The fourth-order valence-corrected chi connectivity index (χ4v) is 2.30. The Hall–Kier alpha value is -2.89. The summed E-state index contributed by atoms with van der Waals surface area (Å²) in [4.78, 5) is 28.3. The van der Waals surface area contributed by atoms with Gasteiger partial charge in [-0.2, -0.15) is 0 Å². The lowest BCUT2D eigenvalue weighted by molar-refractivity contribution is 0.0948. The first kappa shape index (κ1) is 14.1. The molecule has 3 rings (SSSR count). The van der Waals surface area contributed by atoms with Gasteiger partial charge < -0.3 is 14.3 Å². The topological polar surface area (TPSA) is 77.1 Å². The van der Waals surface area contributed by atoms with E-state index in [1.807, 2.05) is 0 Å². The van der Waals surface area contributed by atoms with Crippen molar-refractivity contribution in [2.75, 3.05) is 0 Å². The number of hydrogen-bond acceptors (Lipinski definition) is 4. The van der Waals surface area contributed by atoms with Gasteiger partial charge in [-0.25, -0.2) is 4.98 Å². The van der Waals surface area contributed by atoms with Crippen molar-refractivity contribution < 1.29 is 9.21 Å². The maximum absolute atomic E-state index is 12.2. The number of furan rings is 1. The number of aryl methyl sites for hydroxylation is 2. The van der Waals surface area contributed by atoms with E-state index in [1.165, 1.54) is 4.57 Å². The predicted molar refractivity (Wildman–Crippen MR) is 81.6 cm³/mol. The van der Waals surface area contributed by atoms with Crippen LogP contribution in [0.1, 0.15) is 21.8 Å². The summed E-state index contributed by atoms with van der Waals surface area (Å²) in [5.74, 6) is 0.470. The number of nitrogens with zero attached hydrogens (tertiary/aromatic N) is 2. The zero-order chi connectivity index (χ0) is 15.7. The van der Waals surface area contributed by atoms with Crippen molar-refractivity contribution in [2.45, 2.75) is 13.5 Å². The molecule has 0 unspecified atom stereocenters. The van der Waals surface area contributed by atoms with Crippen molar-refractivity contribution in [1.82, 2.24) is 14.9 Å². The Balaban J connectivity index is 1.90. The summed E-state index contributed by atoms with van der Waals surface area (Å²) < 4.78 is 6.70. The largest absolute Gasteiger partial charge is 0.467 e. The summed E-state index contributed by atoms with van der Waals surface area (Å²) >= 11 is 0. The monoisotopic (exact) mass is 297 g/mol. The van der Waals surface area contributed by atoms with Gasteiger partial charge in [0.15, 0.2) is 0 Å².